The van der Waals surface area contributed by atoms with Gasteiger partial charge in [0, 0.05) is 38.1 Å². The maximum Gasteiger partial charge on any atom is 0.135 e. The summed E-state index contributed by atoms with van der Waals surface area (Å²) in [5.41, 5.74) is 3.77. The van der Waals surface area contributed by atoms with Gasteiger partial charge in [0.15, 0.2) is 0 Å². The second-order valence-corrected chi connectivity index (χ2v) is 6.64. The van der Waals surface area contributed by atoms with Gasteiger partial charge in [-0.2, -0.15) is 0 Å². The lowest BCUT2D eigenvalue weighted by atomic mass is 9.97. The average Bonchev–Trinajstić information content (AvgIpc) is 2.63. The van der Waals surface area contributed by atoms with Crippen LogP contribution in [0.4, 0.5) is 23.0 Å². The average molecular weight is 337 g/mol. The Morgan fingerprint density at radius 1 is 1.04 bits per heavy atom. The van der Waals surface area contributed by atoms with E-state index < -0.39 is 0 Å². The summed E-state index contributed by atoms with van der Waals surface area (Å²) in [7, 11) is 4.07. The predicted molar refractivity (Wildman–Crippen MR) is 106 cm³/mol. The van der Waals surface area contributed by atoms with Crippen molar-refractivity contribution in [1.29, 1.82) is 0 Å². The van der Waals surface area contributed by atoms with E-state index in [0.29, 0.717) is 0 Å². The Morgan fingerprint density at radius 3 is 2.56 bits per heavy atom. The molecule has 0 radical (unpaired) electrons. The minimum Gasteiger partial charge on any atom is -0.378 e. The van der Waals surface area contributed by atoms with Crippen LogP contribution in [0.1, 0.15) is 32.1 Å². The highest BCUT2D eigenvalue weighted by Crippen LogP contribution is 2.21. The number of nitrogens with one attached hydrogen (secondary N) is 2. The number of hydrogen-bond donors (Lipinski definition) is 2. The van der Waals surface area contributed by atoms with Gasteiger partial charge in [-0.15, -0.1) is 0 Å². The molecule has 1 aromatic carbocycles. The Hall–Kier alpha value is -2.56. The number of benzene rings is 1. The third-order valence-corrected chi connectivity index (χ3v) is 4.46. The molecule has 5 nitrogen and oxygen atoms in total. The van der Waals surface area contributed by atoms with E-state index in [9.17, 15) is 0 Å². The Bertz CT molecular complexity index is 706. The van der Waals surface area contributed by atoms with E-state index in [1.165, 1.54) is 31.4 Å². The highest BCUT2D eigenvalue weighted by Gasteiger charge is 2.04. The topological polar surface area (TPSA) is 53.1 Å². The molecule has 0 amide bonds. The maximum atomic E-state index is 4.31. The van der Waals surface area contributed by atoms with Gasteiger partial charge in [0.1, 0.15) is 18.0 Å². The number of aromatic nitrogens is 2. The van der Waals surface area contributed by atoms with Crippen molar-refractivity contribution in [2.45, 2.75) is 32.1 Å². The molecule has 3 rings (SSSR count). The Balaban J connectivity index is 1.54. The van der Waals surface area contributed by atoms with E-state index in [2.05, 4.69) is 55.8 Å². The monoisotopic (exact) mass is 337 g/mol. The van der Waals surface area contributed by atoms with Crippen LogP contribution in [-0.2, 0) is 0 Å². The summed E-state index contributed by atoms with van der Waals surface area (Å²) in [6.07, 6.45) is 10.3. The molecule has 0 bridgehead atoms. The molecule has 1 aromatic heterocycles. The molecule has 0 atom stereocenters. The smallest absolute Gasteiger partial charge is 0.135 e. The highest BCUT2D eigenvalue weighted by atomic mass is 15.1. The van der Waals surface area contributed by atoms with Crippen molar-refractivity contribution in [2.24, 2.45) is 0 Å². The summed E-state index contributed by atoms with van der Waals surface area (Å²) in [6.45, 7) is 0.916. The summed E-state index contributed by atoms with van der Waals surface area (Å²) < 4.78 is 0. The van der Waals surface area contributed by atoms with Crippen molar-refractivity contribution in [2.75, 3.05) is 36.2 Å². The van der Waals surface area contributed by atoms with Crippen LogP contribution in [0, 0.1) is 0 Å². The number of allylic oxidation sites excluding steroid dienone is 1. The first-order valence-corrected chi connectivity index (χ1v) is 8.99. The van der Waals surface area contributed by atoms with E-state index in [4.69, 9.17) is 0 Å². The SMILES string of the molecule is CN(C)c1ccc(Nc2cc(NCCC3=CCCCC3)ncn2)cc1. The first-order chi connectivity index (χ1) is 12.2. The third-order valence-electron chi connectivity index (χ3n) is 4.46. The first-order valence-electron chi connectivity index (χ1n) is 8.99. The Morgan fingerprint density at radius 2 is 1.84 bits per heavy atom. The minimum atomic E-state index is 0.798. The van der Waals surface area contributed by atoms with Crippen LogP contribution in [0.2, 0.25) is 0 Å². The van der Waals surface area contributed by atoms with Gasteiger partial charge in [-0.05, 0) is 56.4 Å². The third kappa shape index (κ3) is 5.21. The summed E-state index contributed by atoms with van der Waals surface area (Å²) >= 11 is 0. The van der Waals surface area contributed by atoms with Crippen molar-refractivity contribution in [3.8, 4) is 0 Å². The standard InChI is InChI=1S/C20H27N5/c1-25(2)18-10-8-17(9-11-18)24-20-14-19(22-15-23-20)21-13-12-16-6-4-3-5-7-16/h6,8-11,14-15H,3-5,7,12-13H2,1-2H3,(H2,21,22,23,24). The van der Waals surface area contributed by atoms with Crippen LogP contribution < -0.4 is 15.5 Å². The van der Waals surface area contributed by atoms with Crippen LogP contribution in [-0.4, -0.2) is 30.6 Å². The zero-order valence-corrected chi connectivity index (χ0v) is 15.1. The molecule has 0 aliphatic heterocycles. The molecule has 1 aliphatic carbocycles. The van der Waals surface area contributed by atoms with E-state index in [0.717, 1.165) is 30.3 Å². The zero-order valence-electron chi connectivity index (χ0n) is 15.1. The largest absolute Gasteiger partial charge is 0.378 e. The van der Waals surface area contributed by atoms with Gasteiger partial charge >= 0.3 is 0 Å². The van der Waals surface area contributed by atoms with Crippen molar-refractivity contribution < 1.29 is 0 Å². The van der Waals surface area contributed by atoms with Crippen molar-refractivity contribution in [3.63, 3.8) is 0 Å². The van der Waals surface area contributed by atoms with Gasteiger partial charge in [0.2, 0.25) is 0 Å². The highest BCUT2D eigenvalue weighted by molar-refractivity contribution is 5.62. The molecule has 0 saturated heterocycles. The van der Waals surface area contributed by atoms with Gasteiger partial charge in [0.25, 0.3) is 0 Å². The molecule has 0 saturated carbocycles. The van der Waals surface area contributed by atoms with E-state index >= 15 is 0 Å². The summed E-state index contributed by atoms with van der Waals surface area (Å²) in [5.74, 6) is 1.66. The Labute approximate surface area is 150 Å². The molecule has 132 valence electrons. The zero-order chi connectivity index (χ0) is 17.5. The van der Waals surface area contributed by atoms with Crippen LogP contribution in [0.3, 0.4) is 0 Å². The normalized spacial score (nSPS) is 13.9. The molecule has 25 heavy (non-hydrogen) atoms. The lowest BCUT2D eigenvalue weighted by Crippen LogP contribution is -2.08. The van der Waals surface area contributed by atoms with Crippen molar-refractivity contribution in [1.82, 2.24) is 9.97 Å². The van der Waals surface area contributed by atoms with E-state index in [-0.39, 0.29) is 0 Å². The lowest BCUT2D eigenvalue weighted by Gasteiger charge is -2.14. The van der Waals surface area contributed by atoms with E-state index in [1.807, 2.05) is 20.2 Å². The van der Waals surface area contributed by atoms with Gasteiger partial charge in [-0.25, -0.2) is 9.97 Å². The fourth-order valence-electron chi connectivity index (χ4n) is 3.00. The van der Waals surface area contributed by atoms with Gasteiger partial charge in [-0.1, -0.05) is 11.6 Å². The second-order valence-electron chi connectivity index (χ2n) is 6.64. The lowest BCUT2D eigenvalue weighted by molar-refractivity contribution is 0.679. The van der Waals surface area contributed by atoms with Crippen LogP contribution >= 0.6 is 0 Å². The number of hydrogen-bond acceptors (Lipinski definition) is 5. The quantitative estimate of drug-likeness (QED) is 0.724. The maximum absolute atomic E-state index is 4.31. The number of rotatable bonds is 7. The van der Waals surface area contributed by atoms with Crippen molar-refractivity contribution in [3.05, 3.63) is 48.3 Å². The van der Waals surface area contributed by atoms with Gasteiger partial charge < -0.3 is 15.5 Å². The predicted octanol–water partition coefficient (Wildman–Crippen LogP) is 4.59. The minimum absolute atomic E-state index is 0.798. The molecule has 1 aliphatic rings. The molecule has 1 heterocycles. The number of anilines is 4. The van der Waals surface area contributed by atoms with Gasteiger partial charge in [0.05, 0.1) is 0 Å². The number of nitrogens with zero attached hydrogens (tertiary/aromatic N) is 3. The van der Waals surface area contributed by atoms with Crippen molar-refractivity contribution >= 4 is 23.0 Å². The van der Waals surface area contributed by atoms with E-state index in [1.54, 1.807) is 11.9 Å². The fourth-order valence-corrected chi connectivity index (χ4v) is 3.00. The second kappa shape index (κ2) is 8.51. The molecule has 2 N–H and O–H groups in total. The fraction of sp³-hybridized carbons (Fsp3) is 0.400. The van der Waals surface area contributed by atoms with Crippen LogP contribution in [0.25, 0.3) is 0 Å². The summed E-state index contributed by atoms with van der Waals surface area (Å²) in [5, 5.41) is 6.73. The van der Waals surface area contributed by atoms with Gasteiger partial charge in [-0.3, -0.25) is 0 Å². The molecule has 0 fully saturated rings. The first kappa shape index (κ1) is 17.3. The Kier molecular flexibility index (Phi) is 5.88. The molecular weight excluding hydrogens is 310 g/mol. The van der Waals surface area contributed by atoms with Crippen LogP contribution in [0.5, 0.6) is 0 Å². The molecule has 5 heteroatoms. The molecular formula is C20H27N5. The summed E-state index contributed by atoms with van der Waals surface area (Å²) in [6, 6.07) is 10.2. The van der Waals surface area contributed by atoms with Crippen LogP contribution in [0.15, 0.2) is 48.3 Å². The molecule has 0 unspecified atom stereocenters. The summed E-state index contributed by atoms with van der Waals surface area (Å²) in [4.78, 5) is 10.7. The molecule has 2 aromatic rings. The molecule has 0 spiro atoms.